The van der Waals surface area contributed by atoms with Crippen LogP contribution in [0.1, 0.15) is 10.4 Å². The van der Waals surface area contributed by atoms with Crippen molar-refractivity contribution >= 4 is 17.8 Å². The number of nitrogens with one attached hydrogen (secondary N) is 1. The van der Waals surface area contributed by atoms with Gasteiger partial charge in [0.2, 0.25) is 11.9 Å². The molecule has 0 aliphatic heterocycles. The molecule has 0 atom stereocenters. The highest BCUT2D eigenvalue weighted by Gasteiger charge is 2.20. The lowest BCUT2D eigenvalue weighted by Gasteiger charge is -2.09. The van der Waals surface area contributed by atoms with Crippen LogP contribution in [0.25, 0.3) is 16.9 Å². The maximum Gasteiger partial charge on any atom is 0.261 e. The van der Waals surface area contributed by atoms with Crippen molar-refractivity contribution in [3.8, 4) is 22.7 Å². The molecule has 0 fully saturated rings. The van der Waals surface area contributed by atoms with E-state index >= 15 is 0 Å². The van der Waals surface area contributed by atoms with Crippen molar-refractivity contribution in [3.63, 3.8) is 0 Å². The van der Waals surface area contributed by atoms with Crippen LogP contribution in [0.15, 0.2) is 67.1 Å². The Morgan fingerprint density at radius 1 is 1.06 bits per heavy atom. The maximum atomic E-state index is 13.2. The van der Waals surface area contributed by atoms with Gasteiger partial charge in [-0.2, -0.15) is 5.10 Å². The average molecular weight is 445 g/mol. The summed E-state index contributed by atoms with van der Waals surface area (Å²) >= 11 is 0. The summed E-state index contributed by atoms with van der Waals surface area (Å²) in [7, 11) is 4.90. The third-order valence-electron chi connectivity index (χ3n) is 4.88. The number of carbonyl (C=O) groups is 2. The number of rotatable bonds is 7. The van der Waals surface area contributed by atoms with E-state index < -0.39 is 5.91 Å². The highest BCUT2D eigenvalue weighted by atomic mass is 16.5. The lowest BCUT2D eigenvalue weighted by molar-refractivity contribution is -0.129. The number of ether oxygens (including phenoxy) is 1. The Morgan fingerprint density at radius 3 is 2.58 bits per heavy atom. The van der Waals surface area contributed by atoms with Gasteiger partial charge in [-0.1, -0.05) is 30.3 Å². The first-order chi connectivity index (χ1) is 15.9. The average Bonchev–Trinajstić information content (AvgIpc) is 3.47. The van der Waals surface area contributed by atoms with Crippen molar-refractivity contribution in [2.45, 2.75) is 6.54 Å². The molecule has 0 saturated heterocycles. The van der Waals surface area contributed by atoms with E-state index in [9.17, 15) is 9.59 Å². The number of amides is 2. The molecule has 33 heavy (non-hydrogen) atoms. The molecule has 0 saturated carbocycles. The van der Waals surface area contributed by atoms with E-state index in [4.69, 9.17) is 4.74 Å². The largest absolute Gasteiger partial charge is 0.497 e. The molecule has 10 nitrogen and oxygen atoms in total. The summed E-state index contributed by atoms with van der Waals surface area (Å²) in [5, 5.41) is 11.5. The van der Waals surface area contributed by atoms with E-state index in [0.29, 0.717) is 17.0 Å². The van der Waals surface area contributed by atoms with Gasteiger partial charge in [-0.25, -0.2) is 14.3 Å². The smallest absolute Gasteiger partial charge is 0.261 e. The summed E-state index contributed by atoms with van der Waals surface area (Å²) in [5.41, 5.74) is 2.36. The van der Waals surface area contributed by atoms with Crippen molar-refractivity contribution in [1.82, 2.24) is 29.4 Å². The Kier molecular flexibility index (Phi) is 6.16. The van der Waals surface area contributed by atoms with Gasteiger partial charge >= 0.3 is 0 Å². The van der Waals surface area contributed by atoms with Gasteiger partial charge in [0.1, 0.15) is 24.3 Å². The SMILES string of the molecule is COc1cccc(-c2nn(-c3ccccc3)cc2C(=O)Nc2ncn(CC(=O)N(C)C)n2)c1. The second-order valence-electron chi connectivity index (χ2n) is 7.41. The summed E-state index contributed by atoms with van der Waals surface area (Å²) in [6.07, 6.45) is 3.05. The number of nitrogens with zero attached hydrogens (tertiary/aromatic N) is 6. The quantitative estimate of drug-likeness (QED) is 0.468. The monoisotopic (exact) mass is 445 g/mol. The second-order valence-corrected chi connectivity index (χ2v) is 7.41. The van der Waals surface area contributed by atoms with Gasteiger partial charge in [-0.05, 0) is 24.3 Å². The molecule has 2 heterocycles. The van der Waals surface area contributed by atoms with E-state index in [-0.39, 0.29) is 18.4 Å². The molecule has 1 N–H and O–H groups in total. The van der Waals surface area contributed by atoms with Crippen LogP contribution in [0.4, 0.5) is 5.95 Å². The molecule has 0 radical (unpaired) electrons. The van der Waals surface area contributed by atoms with E-state index in [1.165, 1.54) is 15.9 Å². The summed E-state index contributed by atoms with van der Waals surface area (Å²) in [6.45, 7) is 0.0247. The Bertz CT molecular complexity index is 1280. The Balaban J connectivity index is 1.65. The van der Waals surface area contributed by atoms with Crippen molar-refractivity contribution in [2.75, 3.05) is 26.5 Å². The molecule has 2 amide bonds. The van der Waals surface area contributed by atoms with E-state index in [2.05, 4.69) is 20.5 Å². The number of hydrogen-bond acceptors (Lipinski definition) is 6. The zero-order valence-corrected chi connectivity index (χ0v) is 18.5. The molecular weight excluding hydrogens is 422 g/mol. The number of aromatic nitrogens is 5. The number of para-hydroxylation sites is 1. The molecule has 0 bridgehead atoms. The molecular formula is C23H23N7O3. The third-order valence-corrected chi connectivity index (χ3v) is 4.88. The number of methoxy groups -OCH3 is 1. The second kappa shape index (κ2) is 9.35. The molecule has 0 aliphatic carbocycles. The number of likely N-dealkylation sites (N-methyl/N-ethyl adjacent to an activating group) is 1. The zero-order chi connectivity index (χ0) is 23.4. The fourth-order valence-corrected chi connectivity index (χ4v) is 3.11. The molecule has 0 aliphatic rings. The number of anilines is 1. The minimum atomic E-state index is -0.424. The molecule has 10 heteroatoms. The van der Waals surface area contributed by atoms with Gasteiger partial charge in [-0.3, -0.25) is 14.9 Å². The molecule has 2 aromatic heterocycles. The lowest BCUT2D eigenvalue weighted by atomic mass is 10.1. The van der Waals surface area contributed by atoms with Crippen molar-refractivity contribution in [3.05, 3.63) is 72.7 Å². The molecule has 0 spiro atoms. The topological polar surface area (TPSA) is 107 Å². The van der Waals surface area contributed by atoms with Gasteiger partial charge in [-0.15, -0.1) is 5.10 Å². The fraction of sp³-hybridized carbons (Fsp3) is 0.174. The third kappa shape index (κ3) is 4.90. The first kappa shape index (κ1) is 21.8. The number of benzene rings is 2. The Labute approximate surface area is 190 Å². The van der Waals surface area contributed by atoms with Crippen LogP contribution in [0.5, 0.6) is 5.75 Å². The van der Waals surface area contributed by atoms with Gasteiger partial charge in [0.15, 0.2) is 0 Å². The van der Waals surface area contributed by atoms with Crippen molar-refractivity contribution < 1.29 is 14.3 Å². The molecule has 0 unspecified atom stereocenters. The van der Waals surface area contributed by atoms with Crippen LogP contribution in [0.3, 0.4) is 0 Å². The first-order valence-electron chi connectivity index (χ1n) is 10.1. The molecule has 168 valence electrons. The van der Waals surface area contributed by atoms with E-state index in [0.717, 1.165) is 11.3 Å². The molecule has 4 rings (SSSR count). The van der Waals surface area contributed by atoms with Crippen molar-refractivity contribution in [1.29, 1.82) is 0 Å². The van der Waals surface area contributed by atoms with Gasteiger partial charge < -0.3 is 9.64 Å². The predicted molar refractivity (Wildman–Crippen MR) is 122 cm³/mol. The van der Waals surface area contributed by atoms with Crippen LogP contribution in [0, 0.1) is 0 Å². The predicted octanol–water partition coefficient (Wildman–Crippen LogP) is 2.48. The Hall–Kier alpha value is -4.47. The summed E-state index contributed by atoms with van der Waals surface area (Å²) in [5.74, 6) is 0.184. The van der Waals surface area contributed by atoms with E-state index in [1.54, 1.807) is 32.1 Å². The minimum absolute atomic E-state index is 0.0247. The Morgan fingerprint density at radius 2 is 1.85 bits per heavy atom. The highest BCUT2D eigenvalue weighted by molar-refractivity contribution is 6.07. The normalized spacial score (nSPS) is 10.6. The van der Waals surface area contributed by atoms with E-state index in [1.807, 2.05) is 54.6 Å². The fourth-order valence-electron chi connectivity index (χ4n) is 3.11. The van der Waals surface area contributed by atoms with Crippen LogP contribution >= 0.6 is 0 Å². The van der Waals surface area contributed by atoms with Crippen LogP contribution in [0.2, 0.25) is 0 Å². The number of carbonyl (C=O) groups excluding carboxylic acids is 2. The van der Waals surface area contributed by atoms with Crippen LogP contribution in [-0.4, -0.2) is 62.5 Å². The van der Waals surface area contributed by atoms with Gasteiger partial charge in [0, 0.05) is 25.9 Å². The summed E-state index contributed by atoms with van der Waals surface area (Å²) in [4.78, 5) is 30.6. The standard InChI is InChI=1S/C23H23N7O3/c1-28(2)20(31)14-29-15-24-23(27-29)25-22(32)19-13-30(17-9-5-4-6-10-17)26-21(19)16-8-7-11-18(12-16)33-3/h4-13,15H,14H2,1-3H3,(H,25,27,32). The van der Waals surface area contributed by atoms with Crippen LogP contribution < -0.4 is 10.1 Å². The number of hydrogen-bond donors (Lipinski definition) is 1. The lowest BCUT2D eigenvalue weighted by Crippen LogP contribution is -2.26. The highest BCUT2D eigenvalue weighted by Crippen LogP contribution is 2.27. The molecule has 4 aromatic rings. The van der Waals surface area contributed by atoms with Gasteiger partial charge in [0.05, 0.1) is 18.4 Å². The van der Waals surface area contributed by atoms with Gasteiger partial charge in [0.25, 0.3) is 5.91 Å². The maximum absolute atomic E-state index is 13.2. The minimum Gasteiger partial charge on any atom is -0.497 e. The first-order valence-corrected chi connectivity index (χ1v) is 10.1. The molecule has 2 aromatic carbocycles. The van der Waals surface area contributed by atoms with Crippen LogP contribution in [-0.2, 0) is 11.3 Å². The van der Waals surface area contributed by atoms with Crippen molar-refractivity contribution in [2.24, 2.45) is 0 Å². The summed E-state index contributed by atoms with van der Waals surface area (Å²) in [6, 6.07) is 16.8. The summed E-state index contributed by atoms with van der Waals surface area (Å²) < 4.78 is 8.34. The zero-order valence-electron chi connectivity index (χ0n) is 18.5.